The first-order chi connectivity index (χ1) is 13.6. The van der Waals surface area contributed by atoms with Crippen molar-refractivity contribution in [2.24, 2.45) is 29.6 Å². The molecule has 142 valence electrons. The zero-order valence-electron chi connectivity index (χ0n) is 15.9. The third-order valence-electron chi connectivity index (χ3n) is 8.67. The molecule has 8 rings (SSSR count). The van der Waals surface area contributed by atoms with Crippen molar-refractivity contribution in [2.75, 3.05) is 0 Å². The van der Waals surface area contributed by atoms with E-state index in [0.717, 1.165) is 17.4 Å². The second kappa shape index (κ2) is 4.96. The summed E-state index contributed by atoms with van der Waals surface area (Å²) in [5.74, 6) is 1.58. The Morgan fingerprint density at radius 2 is 1.68 bits per heavy atom. The van der Waals surface area contributed by atoms with Gasteiger partial charge >= 0.3 is 11.9 Å². The molecule has 3 nitrogen and oxygen atoms in total. The highest BCUT2D eigenvalue weighted by Gasteiger charge is 2.68. The molecule has 2 heterocycles. The molecular weight excluding hydrogens is 368 g/mol. The molecule has 28 heavy (non-hydrogen) atoms. The van der Waals surface area contributed by atoms with Gasteiger partial charge in [-0.3, -0.25) is 4.79 Å². The van der Waals surface area contributed by atoms with Gasteiger partial charge in [-0.25, -0.2) is 4.79 Å². The highest BCUT2D eigenvalue weighted by atomic mass is 32.1. The minimum Gasteiger partial charge on any atom is -0.389 e. The first-order valence-corrected chi connectivity index (χ1v) is 11.4. The Morgan fingerprint density at radius 1 is 1.00 bits per heavy atom. The van der Waals surface area contributed by atoms with Crippen LogP contribution in [0.2, 0.25) is 0 Å². The SMILES string of the molecule is CC1=C2C(=O)OC(=O)[C@@H]2C2(c3sc4ccccc4c31)C1CC3CC(C1)CC2C3. The largest absolute Gasteiger partial charge is 0.389 e. The van der Waals surface area contributed by atoms with Gasteiger partial charge in [0, 0.05) is 25.9 Å². The Bertz CT molecular complexity index is 1090. The van der Waals surface area contributed by atoms with Crippen LogP contribution in [0, 0.1) is 29.6 Å². The molecule has 1 atom stereocenters. The number of carbonyl (C=O) groups excluding carboxylic acids is 2. The molecule has 6 aliphatic rings. The third kappa shape index (κ3) is 1.61. The zero-order chi connectivity index (χ0) is 18.8. The summed E-state index contributed by atoms with van der Waals surface area (Å²) in [7, 11) is 0. The van der Waals surface area contributed by atoms with E-state index in [-0.39, 0.29) is 23.3 Å². The van der Waals surface area contributed by atoms with Crippen molar-refractivity contribution in [1.82, 2.24) is 0 Å². The molecule has 0 radical (unpaired) electrons. The summed E-state index contributed by atoms with van der Waals surface area (Å²) >= 11 is 1.88. The van der Waals surface area contributed by atoms with Crippen molar-refractivity contribution < 1.29 is 14.3 Å². The van der Waals surface area contributed by atoms with Gasteiger partial charge in [-0.2, -0.15) is 0 Å². The number of thiophene rings is 1. The smallest absolute Gasteiger partial charge is 0.342 e. The average molecular weight is 391 g/mol. The highest BCUT2D eigenvalue weighted by Crippen LogP contribution is 2.70. The van der Waals surface area contributed by atoms with Crippen molar-refractivity contribution in [2.45, 2.75) is 44.4 Å². The number of ether oxygens (including phenoxy) is 1. The first-order valence-electron chi connectivity index (χ1n) is 10.6. The maximum atomic E-state index is 13.1. The van der Waals surface area contributed by atoms with Crippen LogP contribution in [-0.2, 0) is 19.7 Å². The summed E-state index contributed by atoms with van der Waals surface area (Å²) < 4.78 is 6.57. The van der Waals surface area contributed by atoms with E-state index in [9.17, 15) is 9.59 Å². The molecule has 2 aromatic rings. The molecule has 4 bridgehead atoms. The van der Waals surface area contributed by atoms with Crippen LogP contribution in [0.15, 0.2) is 29.8 Å². The number of fused-ring (bicyclic) bond motifs is 4. The predicted octanol–water partition coefficient (Wildman–Crippen LogP) is 5.08. The van der Waals surface area contributed by atoms with Crippen LogP contribution >= 0.6 is 11.3 Å². The number of rotatable bonds is 0. The Hall–Kier alpha value is -1.94. The molecule has 1 saturated heterocycles. The van der Waals surface area contributed by atoms with E-state index in [4.69, 9.17) is 4.74 Å². The molecule has 5 fully saturated rings. The number of benzene rings is 1. The second-order valence-corrected chi connectivity index (χ2v) is 10.8. The maximum absolute atomic E-state index is 13.1. The maximum Gasteiger partial charge on any atom is 0.342 e. The Morgan fingerprint density at radius 3 is 2.39 bits per heavy atom. The van der Waals surface area contributed by atoms with E-state index < -0.39 is 0 Å². The molecule has 0 unspecified atom stereocenters. The van der Waals surface area contributed by atoms with Crippen LogP contribution in [0.4, 0.5) is 0 Å². The normalized spacial score (nSPS) is 40.4. The third-order valence-corrected chi connectivity index (χ3v) is 10.0. The van der Waals surface area contributed by atoms with Crippen molar-refractivity contribution in [3.63, 3.8) is 0 Å². The molecule has 1 aliphatic heterocycles. The Labute approximate surface area is 167 Å². The van der Waals surface area contributed by atoms with Gasteiger partial charge in [0.05, 0.1) is 5.57 Å². The lowest BCUT2D eigenvalue weighted by Crippen LogP contribution is -2.61. The average Bonchev–Trinajstić information content (AvgIpc) is 3.19. The van der Waals surface area contributed by atoms with E-state index in [1.165, 1.54) is 52.6 Å². The van der Waals surface area contributed by atoms with Crippen LogP contribution in [0.3, 0.4) is 0 Å². The molecule has 1 spiro atoms. The predicted molar refractivity (Wildman–Crippen MR) is 108 cm³/mol. The monoisotopic (exact) mass is 390 g/mol. The fourth-order valence-electron chi connectivity index (χ4n) is 8.04. The van der Waals surface area contributed by atoms with E-state index in [1.54, 1.807) is 0 Å². The number of allylic oxidation sites excluding steroid dienone is 1. The van der Waals surface area contributed by atoms with Crippen molar-refractivity contribution in [1.29, 1.82) is 0 Å². The van der Waals surface area contributed by atoms with Gasteiger partial charge in [0.2, 0.25) is 0 Å². The van der Waals surface area contributed by atoms with Crippen LogP contribution in [-0.4, -0.2) is 11.9 Å². The molecule has 5 aliphatic carbocycles. The lowest BCUT2D eigenvalue weighted by atomic mass is 9.40. The highest BCUT2D eigenvalue weighted by molar-refractivity contribution is 7.19. The summed E-state index contributed by atoms with van der Waals surface area (Å²) in [6.07, 6.45) is 6.23. The Kier molecular flexibility index (Phi) is 2.82. The van der Waals surface area contributed by atoms with Crippen LogP contribution in [0.1, 0.15) is 49.5 Å². The summed E-state index contributed by atoms with van der Waals surface area (Å²) in [4.78, 5) is 27.3. The molecule has 0 N–H and O–H groups in total. The standard InChI is InChI=1S/C24H22O3S/c1-11-18-16-4-2-3-5-17(16)28-21(18)24(20-19(11)22(25)27-23(20)26)14-7-12-6-13(9-14)10-15(24)8-12/h2-5,12-15,20H,6-10H2,1H3/t12?,13?,14?,15?,20-,24?/m1/s1. The van der Waals surface area contributed by atoms with Crippen LogP contribution in [0.5, 0.6) is 0 Å². The van der Waals surface area contributed by atoms with Gasteiger partial charge in [-0.1, -0.05) is 18.2 Å². The van der Waals surface area contributed by atoms with Crippen molar-refractivity contribution in [3.8, 4) is 0 Å². The fourth-order valence-corrected chi connectivity index (χ4v) is 9.68. The number of hydrogen-bond donors (Lipinski definition) is 0. The van der Waals surface area contributed by atoms with Crippen LogP contribution in [0.25, 0.3) is 15.7 Å². The molecule has 4 heteroatoms. The zero-order valence-corrected chi connectivity index (χ0v) is 16.7. The van der Waals surface area contributed by atoms with E-state index in [1.807, 2.05) is 18.3 Å². The van der Waals surface area contributed by atoms with E-state index >= 15 is 0 Å². The molecule has 1 aromatic heterocycles. The van der Waals surface area contributed by atoms with Gasteiger partial charge in [0.1, 0.15) is 5.92 Å². The summed E-state index contributed by atoms with van der Waals surface area (Å²) in [6.45, 7) is 2.03. The number of esters is 2. The summed E-state index contributed by atoms with van der Waals surface area (Å²) in [6, 6.07) is 8.55. The van der Waals surface area contributed by atoms with Gasteiger partial charge < -0.3 is 4.74 Å². The summed E-state index contributed by atoms with van der Waals surface area (Å²) in [5.41, 5.74) is 2.68. The lowest BCUT2D eigenvalue weighted by Gasteiger charge is -2.63. The van der Waals surface area contributed by atoms with Gasteiger partial charge in [-0.15, -0.1) is 11.3 Å². The molecular formula is C24H22O3S. The second-order valence-electron chi connectivity index (χ2n) is 9.72. The molecule has 0 amide bonds. The lowest BCUT2D eigenvalue weighted by molar-refractivity contribution is -0.157. The minimum absolute atomic E-state index is 0.218. The topological polar surface area (TPSA) is 43.4 Å². The number of carbonyl (C=O) groups is 2. The van der Waals surface area contributed by atoms with E-state index in [2.05, 4.69) is 24.3 Å². The van der Waals surface area contributed by atoms with E-state index in [0.29, 0.717) is 17.4 Å². The van der Waals surface area contributed by atoms with Crippen molar-refractivity contribution >= 4 is 38.9 Å². The quantitative estimate of drug-likeness (QED) is 0.465. The number of cyclic esters (lactones) is 2. The van der Waals surface area contributed by atoms with Gasteiger partial charge in [-0.05, 0) is 74.3 Å². The first kappa shape index (κ1) is 15.9. The minimum atomic E-state index is -0.387. The molecule has 1 aromatic carbocycles. The number of hydrogen-bond acceptors (Lipinski definition) is 4. The Balaban J connectivity index is 1.61. The molecule has 4 saturated carbocycles. The van der Waals surface area contributed by atoms with Crippen LogP contribution < -0.4 is 0 Å². The van der Waals surface area contributed by atoms with Gasteiger partial charge in [0.25, 0.3) is 0 Å². The van der Waals surface area contributed by atoms with Gasteiger partial charge in [0.15, 0.2) is 0 Å². The fraction of sp³-hybridized carbons (Fsp3) is 0.500. The summed E-state index contributed by atoms with van der Waals surface area (Å²) in [5, 5.41) is 1.24. The van der Waals surface area contributed by atoms with Crippen molar-refractivity contribution in [3.05, 3.63) is 40.3 Å².